The van der Waals surface area contributed by atoms with Crippen LogP contribution < -0.4 is 0 Å². The minimum Gasteiger partial charge on any atom is -0.236 e. The van der Waals surface area contributed by atoms with E-state index in [1.165, 1.54) is 0 Å². The molecule has 2 atom stereocenters. The number of aromatic nitrogens is 2. The normalized spacial score (nSPS) is 24.6. The van der Waals surface area contributed by atoms with Gasteiger partial charge in [-0.2, -0.15) is 10.5 Å². The van der Waals surface area contributed by atoms with E-state index in [0.717, 1.165) is 28.1 Å². The van der Waals surface area contributed by atoms with E-state index in [1.807, 2.05) is 49.4 Å². The summed E-state index contributed by atoms with van der Waals surface area (Å²) in [5.74, 6) is -0.221. The third kappa shape index (κ3) is 2.30. The zero-order valence-electron chi connectivity index (χ0n) is 13.6. The number of fused-ring (bicyclic) bond motifs is 5. The van der Waals surface area contributed by atoms with Crippen LogP contribution in [0.25, 0.3) is 0 Å². The van der Waals surface area contributed by atoms with E-state index in [1.54, 1.807) is 0 Å². The van der Waals surface area contributed by atoms with Crippen LogP contribution in [0.2, 0.25) is 0 Å². The fourth-order valence-corrected chi connectivity index (χ4v) is 3.34. The summed E-state index contributed by atoms with van der Waals surface area (Å²) in [6.45, 7) is 8.23. The van der Waals surface area contributed by atoms with Gasteiger partial charge in [0.05, 0.1) is 11.4 Å². The Hall–Kier alpha value is -3.24. The lowest BCUT2D eigenvalue weighted by atomic mass is 9.74. The van der Waals surface area contributed by atoms with Crippen molar-refractivity contribution in [1.29, 1.82) is 10.5 Å². The highest BCUT2D eigenvalue weighted by Gasteiger charge is 2.35. The number of allylic oxidation sites excluding steroid dienone is 9. The summed E-state index contributed by atoms with van der Waals surface area (Å²) in [6.07, 6.45) is 12.0. The summed E-state index contributed by atoms with van der Waals surface area (Å²) in [6, 6.07) is 3.97. The molecule has 0 fully saturated rings. The molecule has 1 heterocycles. The highest BCUT2D eigenvalue weighted by Crippen LogP contribution is 2.46. The van der Waals surface area contributed by atoms with Crippen LogP contribution in [0.5, 0.6) is 0 Å². The highest BCUT2D eigenvalue weighted by atomic mass is 14.9. The van der Waals surface area contributed by atoms with Crippen LogP contribution in [0, 0.1) is 22.7 Å². The molecule has 1 aromatic rings. The van der Waals surface area contributed by atoms with Crippen molar-refractivity contribution in [3.63, 3.8) is 0 Å². The Labute approximate surface area is 141 Å². The van der Waals surface area contributed by atoms with E-state index in [2.05, 4.69) is 29.5 Å². The molecule has 0 saturated carbocycles. The summed E-state index contributed by atoms with van der Waals surface area (Å²) in [4.78, 5) is 8.99. The predicted molar refractivity (Wildman–Crippen MR) is 91.9 cm³/mol. The minimum atomic E-state index is -0.133. The molecule has 0 aliphatic heterocycles. The minimum absolute atomic E-state index is 0.0716. The average molecular weight is 312 g/mol. The fourth-order valence-electron chi connectivity index (χ4n) is 3.34. The molecule has 0 radical (unpaired) electrons. The van der Waals surface area contributed by atoms with Gasteiger partial charge in [-0.15, -0.1) is 0 Å². The molecule has 24 heavy (non-hydrogen) atoms. The van der Waals surface area contributed by atoms with E-state index in [9.17, 15) is 10.5 Å². The van der Waals surface area contributed by atoms with Gasteiger partial charge in [-0.3, -0.25) is 0 Å². The first-order valence-electron chi connectivity index (χ1n) is 7.71. The van der Waals surface area contributed by atoms with Crippen LogP contribution in [-0.2, 0) is 0 Å². The summed E-state index contributed by atoms with van der Waals surface area (Å²) in [7, 11) is 0. The molecule has 2 unspecified atom stereocenters. The predicted octanol–water partition coefficient (Wildman–Crippen LogP) is 3.98. The SMILES string of the molecule is C=C1/C=C\C=C/C2C(/C=C\C)=C(C)C1c1nc(C#N)c(C#N)nc12. The molecule has 3 rings (SSSR count). The lowest BCUT2D eigenvalue weighted by Gasteiger charge is -2.31. The maximum absolute atomic E-state index is 9.30. The first kappa shape index (κ1) is 15.6. The van der Waals surface area contributed by atoms with Gasteiger partial charge in [0.25, 0.3) is 0 Å². The van der Waals surface area contributed by atoms with Gasteiger partial charge < -0.3 is 0 Å². The molecule has 0 N–H and O–H groups in total. The molecule has 1 aromatic heterocycles. The molecule has 4 heteroatoms. The van der Waals surface area contributed by atoms with E-state index in [0.29, 0.717) is 0 Å². The summed E-state index contributed by atoms with van der Waals surface area (Å²) < 4.78 is 0. The number of nitrogens with zero attached hydrogens (tertiary/aromatic N) is 4. The van der Waals surface area contributed by atoms with E-state index >= 15 is 0 Å². The molecule has 4 nitrogen and oxygen atoms in total. The molecule has 0 amide bonds. The lowest BCUT2D eigenvalue weighted by molar-refractivity contribution is 0.752. The fraction of sp³-hybridized carbons (Fsp3) is 0.200. The van der Waals surface area contributed by atoms with Crippen molar-refractivity contribution in [3.05, 3.63) is 82.5 Å². The van der Waals surface area contributed by atoms with Gasteiger partial charge in [-0.05, 0) is 25.0 Å². The standard InChI is InChI=1S/C20H16N4/c1-4-7-14-13(3)18-12(2)8-5-6-9-15(14)19-20(18)24-17(11-22)16(10-21)23-19/h4-9,15,18H,2H2,1,3H3/b7-4-,8-5-,9-6-. The molecule has 0 aromatic carbocycles. The zero-order chi connectivity index (χ0) is 17.3. The molecule has 2 aliphatic carbocycles. The number of nitriles is 2. The second kappa shape index (κ2) is 6.10. The molecular weight excluding hydrogens is 296 g/mol. The van der Waals surface area contributed by atoms with Gasteiger partial charge in [-0.25, -0.2) is 9.97 Å². The van der Waals surface area contributed by atoms with Gasteiger partial charge in [0.15, 0.2) is 11.4 Å². The van der Waals surface area contributed by atoms with Crippen molar-refractivity contribution in [3.8, 4) is 12.1 Å². The largest absolute Gasteiger partial charge is 0.236 e. The smallest absolute Gasteiger partial charge is 0.177 e. The summed E-state index contributed by atoms with van der Waals surface area (Å²) >= 11 is 0. The molecule has 116 valence electrons. The van der Waals surface area contributed by atoms with Crippen LogP contribution >= 0.6 is 0 Å². The topological polar surface area (TPSA) is 73.4 Å². The van der Waals surface area contributed by atoms with Crippen molar-refractivity contribution < 1.29 is 0 Å². The maximum Gasteiger partial charge on any atom is 0.177 e. The molecule has 2 aliphatic rings. The monoisotopic (exact) mass is 312 g/mol. The van der Waals surface area contributed by atoms with Crippen LogP contribution in [0.15, 0.2) is 59.8 Å². The molecule has 0 spiro atoms. The lowest BCUT2D eigenvalue weighted by Crippen LogP contribution is -2.22. The Morgan fingerprint density at radius 3 is 2.42 bits per heavy atom. The van der Waals surface area contributed by atoms with E-state index in [4.69, 9.17) is 0 Å². The Kier molecular flexibility index (Phi) is 3.98. The summed E-state index contributed by atoms with van der Waals surface area (Å²) in [5.41, 5.74) is 4.78. The van der Waals surface area contributed by atoms with Crippen LogP contribution in [-0.4, -0.2) is 9.97 Å². The quantitative estimate of drug-likeness (QED) is 0.786. The maximum atomic E-state index is 9.30. The Balaban J connectivity index is 2.40. The van der Waals surface area contributed by atoms with Gasteiger partial charge in [0, 0.05) is 11.8 Å². The molecular formula is C20H16N4. The second-order valence-corrected chi connectivity index (χ2v) is 5.78. The highest BCUT2D eigenvalue weighted by molar-refractivity contribution is 5.57. The zero-order valence-corrected chi connectivity index (χ0v) is 13.6. The van der Waals surface area contributed by atoms with Gasteiger partial charge in [0.1, 0.15) is 12.1 Å². The van der Waals surface area contributed by atoms with Crippen molar-refractivity contribution in [1.82, 2.24) is 9.97 Å². The molecule has 0 saturated heterocycles. The number of rotatable bonds is 1. The average Bonchev–Trinajstić information content (AvgIpc) is 2.68. The first-order valence-corrected chi connectivity index (χ1v) is 7.71. The van der Waals surface area contributed by atoms with Crippen LogP contribution in [0.3, 0.4) is 0 Å². The van der Waals surface area contributed by atoms with Crippen molar-refractivity contribution in [2.75, 3.05) is 0 Å². The van der Waals surface area contributed by atoms with Crippen molar-refractivity contribution in [2.24, 2.45) is 0 Å². The van der Waals surface area contributed by atoms with Crippen molar-refractivity contribution in [2.45, 2.75) is 25.7 Å². The van der Waals surface area contributed by atoms with Crippen LogP contribution in [0.4, 0.5) is 0 Å². The van der Waals surface area contributed by atoms with Gasteiger partial charge in [-0.1, -0.05) is 48.6 Å². The Morgan fingerprint density at radius 2 is 1.79 bits per heavy atom. The van der Waals surface area contributed by atoms with Gasteiger partial charge in [0.2, 0.25) is 0 Å². The third-order valence-electron chi connectivity index (χ3n) is 4.40. The van der Waals surface area contributed by atoms with E-state index in [-0.39, 0.29) is 23.2 Å². The molecule has 2 bridgehead atoms. The van der Waals surface area contributed by atoms with Gasteiger partial charge >= 0.3 is 0 Å². The number of hydrogen-bond acceptors (Lipinski definition) is 4. The van der Waals surface area contributed by atoms with Crippen molar-refractivity contribution >= 4 is 0 Å². The summed E-state index contributed by atoms with van der Waals surface area (Å²) in [5, 5.41) is 18.6. The Morgan fingerprint density at radius 1 is 1.12 bits per heavy atom. The number of hydrogen-bond donors (Lipinski definition) is 0. The second-order valence-electron chi connectivity index (χ2n) is 5.78. The Bertz CT molecular complexity index is 930. The third-order valence-corrected chi connectivity index (χ3v) is 4.40. The first-order chi connectivity index (χ1) is 11.6. The van der Waals surface area contributed by atoms with E-state index < -0.39 is 0 Å². The van der Waals surface area contributed by atoms with Crippen LogP contribution in [0.1, 0.15) is 48.5 Å².